The van der Waals surface area contributed by atoms with Crippen LogP contribution in [0.1, 0.15) is 31.8 Å². The molecule has 2 atom stereocenters. The number of hydrogen-bond acceptors (Lipinski definition) is 9. The lowest BCUT2D eigenvalue weighted by Gasteiger charge is -2.30. The minimum atomic E-state index is -5.36. The molecule has 0 radical (unpaired) electrons. The van der Waals surface area contributed by atoms with Crippen molar-refractivity contribution < 1.29 is 55.5 Å². The molecule has 170 valence electrons. The number of aryl methyl sites for hydroxylation is 1. The molecule has 1 aromatic carbocycles. The first kappa shape index (κ1) is 16.4. The van der Waals surface area contributed by atoms with E-state index in [2.05, 4.69) is 14.4 Å². The molecule has 0 aromatic heterocycles. The molecule has 1 aromatic rings. The van der Waals surface area contributed by atoms with Gasteiger partial charge in [0.05, 0.1) is 5.57 Å². The van der Waals surface area contributed by atoms with Crippen molar-refractivity contribution in [3.8, 4) is 5.75 Å². The largest absolute Gasteiger partial charge is 0.475 e. The average molecular weight is 477 g/mol. The number of rotatable bonds is 7. The number of carbonyl (C=O) groups excluding carboxylic acids is 1. The minimum absolute atomic E-state index is 0.390. The Labute approximate surface area is 184 Å². The highest BCUT2D eigenvalue weighted by molar-refractivity contribution is 6.32. The molecule has 2 rings (SSSR count). The summed E-state index contributed by atoms with van der Waals surface area (Å²) < 4.78 is 96.3. The number of carbonyl (C=O) groups is 1. The van der Waals surface area contributed by atoms with E-state index in [-0.39, 0.29) is 0 Å². The van der Waals surface area contributed by atoms with Crippen LogP contribution >= 0.6 is 11.6 Å². The topological polar surface area (TPSA) is 140 Å². The summed E-state index contributed by atoms with van der Waals surface area (Å²) in [5.41, 5.74) is -3.86. The molecule has 15 heteroatoms. The molecule has 0 aliphatic carbocycles. The van der Waals surface area contributed by atoms with Crippen LogP contribution in [0.15, 0.2) is 11.6 Å². The van der Waals surface area contributed by atoms with E-state index in [9.17, 15) is 38.2 Å². The Morgan fingerprint density at radius 3 is 2.39 bits per heavy atom. The smallest absolute Gasteiger partial charge is 0.430 e. The fourth-order valence-electron chi connectivity index (χ4n) is 2.37. The SMILES string of the molecule is [2H]C([2H])([2H])c1cc2c(c(C([2H])([2H])[2H])c1Cl)C=C(C(=O)OC(C)C(O[N+](=O)[O-])O[N+](=O)[O-])C(C(F)(F)F)O2. The Bertz CT molecular complexity index is 1130. The van der Waals surface area contributed by atoms with E-state index in [1.165, 1.54) is 0 Å². The van der Waals surface area contributed by atoms with E-state index in [1.54, 1.807) is 0 Å². The zero-order chi connectivity index (χ0) is 28.7. The third-order valence-electron chi connectivity index (χ3n) is 3.68. The molecular weight excluding hydrogens is 457 g/mol. The Balaban J connectivity index is 2.67. The van der Waals surface area contributed by atoms with Gasteiger partial charge in [0.1, 0.15) is 5.75 Å². The van der Waals surface area contributed by atoms with Crippen molar-refractivity contribution in [3.63, 3.8) is 0 Å². The van der Waals surface area contributed by atoms with Crippen molar-refractivity contribution in [2.24, 2.45) is 0 Å². The maximum absolute atomic E-state index is 13.8. The van der Waals surface area contributed by atoms with Gasteiger partial charge in [-0.2, -0.15) is 13.2 Å². The van der Waals surface area contributed by atoms with Crippen molar-refractivity contribution in [2.75, 3.05) is 0 Å². The lowest BCUT2D eigenvalue weighted by atomic mass is 9.96. The Hall–Kier alpha value is -3.29. The maximum atomic E-state index is 13.8. The van der Waals surface area contributed by atoms with Gasteiger partial charge in [0.25, 0.3) is 16.5 Å². The van der Waals surface area contributed by atoms with Gasteiger partial charge in [-0.1, -0.05) is 11.6 Å². The predicted octanol–water partition coefficient (Wildman–Crippen LogP) is 3.34. The summed E-state index contributed by atoms with van der Waals surface area (Å²) in [6.07, 6.45) is -12.7. The Kier molecular flexibility index (Phi) is 4.68. The van der Waals surface area contributed by atoms with Gasteiger partial charge in [0.2, 0.25) is 6.10 Å². The van der Waals surface area contributed by atoms with E-state index in [1.807, 2.05) is 0 Å². The van der Waals surface area contributed by atoms with Gasteiger partial charge in [-0.15, -0.1) is 20.2 Å². The van der Waals surface area contributed by atoms with Crippen molar-refractivity contribution in [2.45, 2.75) is 45.3 Å². The summed E-state index contributed by atoms with van der Waals surface area (Å²) in [4.78, 5) is 41.4. The molecule has 1 aliphatic heterocycles. The second kappa shape index (κ2) is 8.83. The van der Waals surface area contributed by atoms with Gasteiger partial charge in [0.15, 0.2) is 6.10 Å². The van der Waals surface area contributed by atoms with E-state index in [0.29, 0.717) is 12.1 Å². The molecule has 0 saturated heterocycles. The fourth-order valence-corrected chi connectivity index (χ4v) is 2.53. The van der Waals surface area contributed by atoms with E-state index in [0.717, 1.165) is 6.92 Å². The molecule has 11 nitrogen and oxygen atoms in total. The second-order valence-electron chi connectivity index (χ2n) is 5.80. The molecule has 0 N–H and O–H groups in total. The van der Waals surface area contributed by atoms with Crippen LogP contribution in [0.3, 0.4) is 0 Å². The molecule has 0 spiro atoms. The second-order valence-corrected chi connectivity index (χ2v) is 6.18. The molecule has 1 heterocycles. The Morgan fingerprint density at radius 2 is 1.90 bits per heavy atom. The van der Waals surface area contributed by atoms with Gasteiger partial charge < -0.3 is 9.47 Å². The molecule has 1 aliphatic rings. The first-order valence-corrected chi connectivity index (χ1v) is 8.18. The summed E-state index contributed by atoms with van der Waals surface area (Å²) in [5, 5.41) is 17.1. The van der Waals surface area contributed by atoms with Gasteiger partial charge >= 0.3 is 12.1 Å². The molecular formula is C16H14ClF3N2O9. The third kappa shape index (κ3) is 5.45. The number of hydrogen-bond donors (Lipinski definition) is 0. The summed E-state index contributed by atoms with van der Waals surface area (Å²) >= 11 is 5.99. The standard InChI is InChI=1S/C16H14ClF3N2O9/c1-6-4-11-9(7(2)12(6)17)5-10(13(29-11)16(18,19)20)14(23)28-8(3)15(30-21(24)25)31-22(26)27/h4-5,8,13,15H,1-3H3/i1D3,2D3. The summed E-state index contributed by atoms with van der Waals surface area (Å²) in [6, 6.07) is 0.575. The van der Waals surface area contributed by atoms with Crippen LogP contribution < -0.4 is 4.74 Å². The lowest BCUT2D eigenvalue weighted by molar-refractivity contribution is -0.853. The van der Waals surface area contributed by atoms with Crippen LogP contribution in [-0.2, 0) is 19.2 Å². The molecule has 0 amide bonds. The molecule has 31 heavy (non-hydrogen) atoms. The van der Waals surface area contributed by atoms with E-state index in [4.69, 9.17) is 24.6 Å². The highest BCUT2D eigenvalue weighted by Crippen LogP contribution is 2.41. The number of ether oxygens (including phenoxy) is 2. The highest BCUT2D eigenvalue weighted by Gasteiger charge is 2.49. The molecule has 0 saturated carbocycles. The quantitative estimate of drug-likeness (QED) is 0.251. The zero-order valence-electron chi connectivity index (χ0n) is 21.0. The van der Waals surface area contributed by atoms with Gasteiger partial charge in [-0.05, 0) is 43.9 Å². The van der Waals surface area contributed by atoms with E-state index < -0.39 is 87.6 Å². The van der Waals surface area contributed by atoms with Crippen molar-refractivity contribution >= 4 is 23.6 Å². The predicted molar refractivity (Wildman–Crippen MR) is 94.9 cm³/mol. The lowest BCUT2D eigenvalue weighted by Crippen LogP contribution is -2.43. The number of fused-ring (bicyclic) bond motifs is 1. The third-order valence-corrected chi connectivity index (χ3v) is 4.08. The van der Waals surface area contributed by atoms with Crippen LogP contribution in [0.2, 0.25) is 5.02 Å². The van der Waals surface area contributed by atoms with Crippen molar-refractivity contribution in [3.05, 3.63) is 53.6 Å². The van der Waals surface area contributed by atoms with Gasteiger partial charge in [-0.25, -0.2) is 4.79 Å². The number of alkyl halides is 3. The van der Waals surface area contributed by atoms with E-state index >= 15 is 0 Å². The fraction of sp³-hybridized carbons (Fsp3) is 0.438. The van der Waals surface area contributed by atoms with Crippen molar-refractivity contribution in [1.29, 1.82) is 0 Å². The highest BCUT2D eigenvalue weighted by atomic mass is 35.5. The molecule has 2 unspecified atom stereocenters. The first-order valence-electron chi connectivity index (χ1n) is 10.8. The van der Waals surface area contributed by atoms with Crippen LogP contribution in [0.4, 0.5) is 13.2 Å². The monoisotopic (exact) mass is 476 g/mol. The summed E-state index contributed by atoms with van der Waals surface area (Å²) in [7, 11) is 0. The number of esters is 1. The van der Waals surface area contributed by atoms with Crippen LogP contribution in [-0.4, -0.2) is 40.8 Å². The Morgan fingerprint density at radius 1 is 1.29 bits per heavy atom. The maximum Gasteiger partial charge on any atom is 0.430 e. The van der Waals surface area contributed by atoms with Gasteiger partial charge in [-0.3, -0.25) is 9.68 Å². The minimum Gasteiger partial charge on any atom is -0.475 e. The zero-order valence-corrected chi connectivity index (χ0v) is 15.7. The normalized spacial score (nSPS) is 20.2. The van der Waals surface area contributed by atoms with Crippen LogP contribution in [0.5, 0.6) is 5.75 Å². The molecule has 0 bridgehead atoms. The van der Waals surface area contributed by atoms with Crippen LogP contribution in [0, 0.1) is 33.9 Å². The van der Waals surface area contributed by atoms with Crippen molar-refractivity contribution in [1.82, 2.24) is 0 Å². The number of nitrogens with zero attached hydrogens (tertiary/aromatic N) is 2. The molecule has 0 fully saturated rings. The number of halogens is 4. The summed E-state index contributed by atoms with van der Waals surface area (Å²) in [5.74, 6) is -2.78. The first-order chi connectivity index (χ1) is 16.6. The average Bonchev–Trinajstić information content (AvgIpc) is 2.68. The summed E-state index contributed by atoms with van der Waals surface area (Å²) in [6.45, 7) is -5.52. The number of benzene rings is 1. The van der Waals surface area contributed by atoms with Crippen LogP contribution in [0.25, 0.3) is 6.08 Å². The van der Waals surface area contributed by atoms with Gasteiger partial charge in [0, 0.05) is 18.8 Å².